The third-order valence-corrected chi connectivity index (χ3v) is 3.42. The first-order valence-corrected chi connectivity index (χ1v) is 7.16. The van der Waals surface area contributed by atoms with E-state index in [1.54, 1.807) is 0 Å². The standard InChI is InChI=1S/C15H24BrN/c1-12(2)17-9-8-15(3,4)11-13-6-5-7-14(16)10-13/h5-7,10,12,17H,8-9,11H2,1-4H3. The minimum atomic E-state index is 0.350. The van der Waals surface area contributed by atoms with Crippen LogP contribution in [0.15, 0.2) is 28.7 Å². The van der Waals surface area contributed by atoms with Gasteiger partial charge in [-0.3, -0.25) is 0 Å². The highest BCUT2D eigenvalue weighted by Crippen LogP contribution is 2.26. The zero-order chi connectivity index (χ0) is 12.9. The SMILES string of the molecule is CC(C)NCCC(C)(C)Cc1cccc(Br)c1. The lowest BCUT2D eigenvalue weighted by atomic mass is 9.82. The Morgan fingerprint density at radius 3 is 2.59 bits per heavy atom. The summed E-state index contributed by atoms with van der Waals surface area (Å²) in [7, 11) is 0. The van der Waals surface area contributed by atoms with Crippen molar-refractivity contribution in [1.29, 1.82) is 0 Å². The summed E-state index contributed by atoms with van der Waals surface area (Å²) in [4.78, 5) is 0. The van der Waals surface area contributed by atoms with Gasteiger partial charge in [0, 0.05) is 10.5 Å². The number of benzene rings is 1. The first-order chi connectivity index (χ1) is 7.89. The van der Waals surface area contributed by atoms with Crippen molar-refractivity contribution in [1.82, 2.24) is 5.32 Å². The number of hydrogen-bond donors (Lipinski definition) is 1. The molecule has 17 heavy (non-hydrogen) atoms. The molecule has 0 aliphatic carbocycles. The van der Waals surface area contributed by atoms with Crippen LogP contribution < -0.4 is 5.32 Å². The minimum absolute atomic E-state index is 0.350. The third kappa shape index (κ3) is 6.23. The van der Waals surface area contributed by atoms with Crippen LogP contribution >= 0.6 is 15.9 Å². The molecule has 0 atom stereocenters. The molecule has 2 heteroatoms. The molecule has 1 nitrogen and oxygen atoms in total. The normalized spacial score (nSPS) is 12.1. The van der Waals surface area contributed by atoms with Crippen LogP contribution in [0.2, 0.25) is 0 Å². The van der Waals surface area contributed by atoms with Gasteiger partial charge in [-0.05, 0) is 42.5 Å². The van der Waals surface area contributed by atoms with Gasteiger partial charge in [0.05, 0.1) is 0 Å². The first kappa shape index (κ1) is 14.7. The summed E-state index contributed by atoms with van der Waals surface area (Å²) in [5, 5.41) is 3.49. The van der Waals surface area contributed by atoms with Crippen molar-refractivity contribution in [3.05, 3.63) is 34.3 Å². The van der Waals surface area contributed by atoms with Gasteiger partial charge in [0.1, 0.15) is 0 Å². The van der Waals surface area contributed by atoms with Crippen molar-refractivity contribution in [3.63, 3.8) is 0 Å². The molecule has 1 rings (SSSR count). The summed E-state index contributed by atoms with van der Waals surface area (Å²) in [6.45, 7) is 10.2. The Balaban J connectivity index is 2.48. The van der Waals surface area contributed by atoms with E-state index >= 15 is 0 Å². The molecule has 0 aliphatic rings. The highest BCUT2D eigenvalue weighted by molar-refractivity contribution is 9.10. The van der Waals surface area contributed by atoms with E-state index in [4.69, 9.17) is 0 Å². The Labute approximate surface area is 114 Å². The molecule has 0 bridgehead atoms. The van der Waals surface area contributed by atoms with Gasteiger partial charge >= 0.3 is 0 Å². The first-order valence-electron chi connectivity index (χ1n) is 6.37. The lowest BCUT2D eigenvalue weighted by Crippen LogP contribution is -2.28. The van der Waals surface area contributed by atoms with Gasteiger partial charge in [-0.1, -0.05) is 55.8 Å². The average Bonchev–Trinajstić information content (AvgIpc) is 2.15. The van der Waals surface area contributed by atoms with E-state index in [1.807, 2.05) is 0 Å². The quantitative estimate of drug-likeness (QED) is 0.820. The van der Waals surface area contributed by atoms with E-state index in [0.717, 1.165) is 13.0 Å². The lowest BCUT2D eigenvalue weighted by Gasteiger charge is -2.25. The highest BCUT2D eigenvalue weighted by atomic mass is 79.9. The Morgan fingerprint density at radius 2 is 2.00 bits per heavy atom. The molecule has 0 saturated heterocycles. The fraction of sp³-hybridized carbons (Fsp3) is 0.600. The highest BCUT2D eigenvalue weighted by Gasteiger charge is 2.18. The van der Waals surface area contributed by atoms with Gasteiger partial charge in [-0.25, -0.2) is 0 Å². The molecule has 0 amide bonds. The van der Waals surface area contributed by atoms with E-state index in [-0.39, 0.29) is 0 Å². The van der Waals surface area contributed by atoms with Gasteiger partial charge in [0.15, 0.2) is 0 Å². The van der Waals surface area contributed by atoms with Crippen LogP contribution in [-0.2, 0) is 6.42 Å². The van der Waals surface area contributed by atoms with Crippen LogP contribution in [0.1, 0.15) is 39.7 Å². The smallest absolute Gasteiger partial charge is 0.0177 e. The molecule has 0 saturated carbocycles. The number of rotatable bonds is 6. The van der Waals surface area contributed by atoms with Crippen LogP contribution in [0.25, 0.3) is 0 Å². The molecule has 0 radical (unpaired) electrons. The molecular weight excluding hydrogens is 274 g/mol. The van der Waals surface area contributed by atoms with E-state index < -0.39 is 0 Å². The van der Waals surface area contributed by atoms with E-state index in [2.05, 4.69) is 73.2 Å². The molecule has 0 aliphatic heterocycles. The Bertz CT molecular complexity index is 345. The van der Waals surface area contributed by atoms with Gasteiger partial charge in [-0.2, -0.15) is 0 Å². The molecule has 0 unspecified atom stereocenters. The van der Waals surface area contributed by atoms with Crippen LogP contribution in [0.3, 0.4) is 0 Å². The number of nitrogens with one attached hydrogen (secondary N) is 1. The fourth-order valence-corrected chi connectivity index (χ4v) is 2.43. The van der Waals surface area contributed by atoms with Gasteiger partial charge in [0.25, 0.3) is 0 Å². The number of halogens is 1. The average molecular weight is 298 g/mol. The Hall–Kier alpha value is -0.340. The van der Waals surface area contributed by atoms with Crippen molar-refractivity contribution < 1.29 is 0 Å². The predicted octanol–water partition coefficient (Wildman–Crippen LogP) is 4.41. The fourth-order valence-electron chi connectivity index (χ4n) is 1.99. The largest absolute Gasteiger partial charge is 0.315 e. The van der Waals surface area contributed by atoms with Gasteiger partial charge in [0.2, 0.25) is 0 Å². The zero-order valence-corrected chi connectivity index (χ0v) is 13.0. The van der Waals surface area contributed by atoms with Crippen molar-refractivity contribution in [3.8, 4) is 0 Å². The van der Waals surface area contributed by atoms with Crippen molar-refractivity contribution in [2.75, 3.05) is 6.54 Å². The molecule has 1 aromatic rings. The molecule has 0 spiro atoms. The molecule has 0 heterocycles. The van der Waals surface area contributed by atoms with Crippen molar-refractivity contribution in [2.24, 2.45) is 5.41 Å². The summed E-state index contributed by atoms with van der Waals surface area (Å²) in [6, 6.07) is 9.20. The third-order valence-electron chi connectivity index (χ3n) is 2.93. The van der Waals surface area contributed by atoms with Crippen LogP contribution in [0.5, 0.6) is 0 Å². The monoisotopic (exact) mass is 297 g/mol. The maximum absolute atomic E-state index is 3.53. The zero-order valence-electron chi connectivity index (χ0n) is 11.4. The van der Waals surface area contributed by atoms with E-state index in [0.29, 0.717) is 11.5 Å². The molecule has 1 N–H and O–H groups in total. The van der Waals surface area contributed by atoms with E-state index in [9.17, 15) is 0 Å². The maximum atomic E-state index is 3.53. The minimum Gasteiger partial charge on any atom is -0.315 e. The van der Waals surface area contributed by atoms with Crippen LogP contribution in [0, 0.1) is 5.41 Å². The van der Waals surface area contributed by atoms with Gasteiger partial charge < -0.3 is 5.32 Å². The summed E-state index contributed by atoms with van der Waals surface area (Å²) in [5.74, 6) is 0. The second-order valence-electron chi connectivity index (χ2n) is 5.83. The summed E-state index contributed by atoms with van der Waals surface area (Å²) in [5.41, 5.74) is 1.76. The molecule has 0 fully saturated rings. The summed E-state index contributed by atoms with van der Waals surface area (Å²) < 4.78 is 1.17. The van der Waals surface area contributed by atoms with Crippen LogP contribution in [-0.4, -0.2) is 12.6 Å². The van der Waals surface area contributed by atoms with Crippen molar-refractivity contribution >= 4 is 15.9 Å². The second-order valence-corrected chi connectivity index (χ2v) is 6.75. The molecular formula is C15H24BrN. The predicted molar refractivity (Wildman–Crippen MR) is 79.4 cm³/mol. The van der Waals surface area contributed by atoms with Crippen molar-refractivity contribution in [2.45, 2.75) is 46.6 Å². The Morgan fingerprint density at radius 1 is 1.29 bits per heavy atom. The lowest BCUT2D eigenvalue weighted by molar-refractivity contribution is 0.320. The van der Waals surface area contributed by atoms with Crippen LogP contribution in [0.4, 0.5) is 0 Å². The summed E-state index contributed by atoms with van der Waals surface area (Å²) >= 11 is 3.53. The molecule has 1 aromatic carbocycles. The Kier molecular flexibility index (Phi) is 5.68. The topological polar surface area (TPSA) is 12.0 Å². The summed E-state index contributed by atoms with van der Waals surface area (Å²) in [6.07, 6.45) is 2.34. The molecule has 96 valence electrons. The maximum Gasteiger partial charge on any atom is 0.0177 e. The second kappa shape index (κ2) is 6.55. The number of hydrogen-bond acceptors (Lipinski definition) is 1. The van der Waals surface area contributed by atoms with E-state index in [1.165, 1.54) is 16.5 Å². The van der Waals surface area contributed by atoms with Gasteiger partial charge in [-0.15, -0.1) is 0 Å². The molecule has 0 aromatic heterocycles.